The summed E-state index contributed by atoms with van der Waals surface area (Å²) in [6.07, 6.45) is 0. The third-order valence-corrected chi connectivity index (χ3v) is 3.91. The molecule has 4 rings (SSSR count). The second-order valence-electron chi connectivity index (χ2n) is 4.26. The predicted molar refractivity (Wildman–Crippen MR) is 89.5 cm³/mol. The van der Waals surface area contributed by atoms with E-state index < -0.39 is 36.3 Å². The van der Waals surface area contributed by atoms with Gasteiger partial charge in [-0.3, -0.25) is 0 Å². The van der Waals surface area contributed by atoms with Crippen molar-refractivity contribution in [2.24, 2.45) is 0 Å². The maximum absolute atomic E-state index is 8.68. The fraction of sp³-hybridized carbons (Fsp3) is 0.0526. The van der Waals surface area contributed by atoms with Gasteiger partial charge in [-0.05, 0) is 36.2 Å². The monoisotopic (exact) mass is 285 g/mol. The highest BCUT2D eigenvalue weighted by molar-refractivity contribution is 7.25. The first-order valence-electron chi connectivity index (χ1n) is 11.4. The lowest BCUT2D eigenvalue weighted by Crippen LogP contribution is -1.76. The molecule has 0 fully saturated rings. The van der Waals surface area contributed by atoms with E-state index in [1.54, 1.807) is 0 Å². The van der Waals surface area contributed by atoms with Crippen LogP contribution in [0.5, 0.6) is 0 Å². The van der Waals surface area contributed by atoms with Gasteiger partial charge in [0.15, 0.2) is 0 Å². The van der Waals surface area contributed by atoms with Crippen LogP contribution in [0, 0.1) is 6.92 Å². The van der Waals surface area contributed by atoms with Crippen molar-refractivity contribution in [1.82, 2.24) is 0 Å². The summed E-state index contributed by atoms with van der Waals surface area (Å²) in [6, 6.07) is -4.41. The molecule has 0 aliphatic rings. The molecule has 0 unspecified atom stereocenters. The summed E-state index contributed by atoms with van der Waals surface area (Å²) in [5.41, 5.74) is -0.338. The predicted octanol–water partition coefficient (Wildman–Crippen LogP) is 6.03. The van der Waals surface area contributed by atoms with Gasteiger partial charge < -0.3 is 0 Å². The number of benzene rings is 3. The van der Waals surface area contributed by atoms with Crippen LogP contribution in [0.15, 0.2) is 66.5 Å². The first-order chi connectivity index (χ1) is 14.4. The normalized spacial score (nSPS) is 18.9. The number of fused-ring (bicyclic) bond motifs is 3. The van der Waals surface area contributed by atoms with Crippen LogP contribution in [0.2, 0.25) is 0 Å². The van der Waals surface area contributed by atoms with Crippen molar-refractivity contribution < 1.29 is 15.1 Å². The van der Waals surface area contributed by atoms with Crippen LogP contribution < -0.4 is 0 Å². The highest BCUT2D eigenvalue weighted by atomic mass is 32.1. The number of thiophene rings is 1. The van der Waals surface area contributed by atoms with E-state index in [0.717, 1.165) is 11.3 Å². The molecule has 0 saturated carbocycles. The molecule has 20 heavy (non-hydrogen) atoms. The first kappa shape index (κ1) is 5.01. The van der Waals surface area contributed by atoms with Crippen LogP contribution in [0.3, 0.4) is 0 Å². The van der Waals surface area contributed by atoms with Crippen molar-refractivity contribution in [3.63, 3.8) is 0 Å². The Bertz CT molecular complexity index is 1420. The summed E-state index contributed by atoms with van der Waals surface area (Å²) in [6.45, 7) is 1.53. The minimum atomic E-state index is -0.603. The minimum absolute atomic E-state index is 0.0508. The van der Waals surface area contributed by atoms with Crippen LogP contribution in [0.25, 0.3) is 31.3 Å². The lowest BCUT2D eigenvalue weighted by atomic mass is 10.0. The van der Waals surface area contributed by atoms with Gasteiger partial charge in [-0.2, -0.15) is 0 Å². The quantitative estimate of drug-likeness (QED) is 0.400. The molecule has 1 heterocycles. The Morgan fingerprint density at radius 1 is 0.750 bits per heavy atom. The van der Waals surface area contributed by atoms with Crippen LogP contribution >= 0.6 is 11.3 Å². The Labute approximate surface area is 137 Å². The summed E-state index contributed by atoms with van der Waals surface area (Å²) in [7, 11) is 0. The summed E-state index contributed by atoms with van der Waals surface area (Å²) >= 11 is 0.935. The zero-order chi connectivity index (χ0) is 23.1. The molecular weight excluding hydrogens is 260 g/mol. The maximum Gasteiger partial charge on any atom is 0.0644 e. The molecule has 0 aliphatic heterocycles. The standard InChI is InChI=1S/C19H14S/c1-13-7-10-18-17(11-13)16-9-8-15(12-19(16)20-18)14-5-3-2-4-6-14/h2-12H,1H3/i2D,3D,4D,5D,6D,7D,8D,9D,10D,11D,12D. The van der Waals surface area contributed by atoms with Crippen LogP contribution in [-0.2, 0) is 0 Å². The molecule has 4 aromatic rings. The number of hydrogen-bond acceptors (Lipinski definition) is 1. The second kappa shape index (κ2) is 4.46. The van der Waals surface area contributed by atoms with Gasteiger partial charge in [-0.1, -0.05) is 53.9 Å². The third-order valence-electron chi connectivity index (χ3n) is 2.89. The largest absolute Gasteiger partial charge is 0.135 e. The molecule has 0 bridgehead atoms. The van der Waals surface area contributed by atoms with Gasteiger partial charge in [0, 0.05) is 20.2 Å². The van der Waals surface area contributed by atoms with E-state index in [1.807, 2.05) is 0 Å². The number of rotatable bonds is 1. The Balaban J connectivity index is 2.27. The average molecular weight is 285 g/mol. The van der Waals surface area contributed by atoms with E-state index in [4.69, 9.17) is 15.1 Å². The van der Waals surface area contributed by atoms with E-state index in [-0.39, 0.29) is 67.1 Å². The molecule has 0 amide bonds. The first-order valence-corrected chi connectivity index (χ1v) is 6.72. The average Bonchev–Trinajstić information content (AvgIpc) is 3.15. The Morgan fingerprint density at radius 2 is 1.60 bits per heavy atom. The molecule has 0 atom stereocenters. The molecule has 0 nitrogen and oxygen atoms in total. The van der Waals surface area contributed by atoms with E-state index in [9.17, 15) is 0 Å². The smallest absolute Gasteiger partial charge is 0.0644 e. The van der Waals surface area contributed by atoms with Gasteiger partial charge in [0.1, 0.15) is 0 Å². The number of hydrogen-bond donors (Lipinski definition) is 0. The van der Waals surface area contributed by atoms with Crippen molar-refractivity contribution in [3.8, 4) is 11.1 Å². The molecule has 0 saturated heterocycles. The van der Waals surface area contributed by atoms with Gasteiger partial charge in [-0.15, -0.1) is 11.3 Å². The summed E-state index contributed by atoms with van der Waals surface area (Å²) in [5, 5.41) is 0.353. The van der Waals surface area contributed by atoms with Crippen molar-refractivity contribution in [2.45, 2.75) is 6.92 Å². The lowest BCUT2D eigenvalue weighted by Gasteiger charge is -2.01. The summed E-state index contributed by atoms with van der Waals surface area (Å²) in [4.78, 5) is 0. The molecule has 0 aliphatic carbocycles. The van der Waals surface area contributed by atoms with Crippen molar-refractivity contribution >= 4 is 31.5 Å². The van der Waals surface area contributed by atoms with Gasteiger partial charge in [-0.25, -0.2) is 0 Å². The lowest BCUT2D eigenvalue weighted by molar-refractivity contribution is 1.52. The van der Waals surface area contributed by atoms with Gasteiger partial charge in [0.2, 0.25) is 0 Å². The Kier molecular flexibility index (Phi) is 1.12. The van der Waals surface area contributed by atoms with Crippen LogP contribution in [-0.4, -0.2) is 0 Å². The van der Waals surface area contributed by atoms with Gasteiger partial charge in [0.05, 0.1) is 15.1 Å². The third kappa shape index (κ3) is 1.83. The summed E-state index contributed by atoms with van der Waals surface area (Å²) < 4.78 is 90.8. The molecule has 3 aromatic carbocycles. The van der Waals surface area contributed by atoms with Crippen molar-refractivity contribution in [3.05, 3.63) is 72.0 Å². The maximum atomic E-state index is 8.68. The van der Waals surface area contributed by atoms with Crippen molar-refractivity contribution in [1.29, 1.82) is 0 Å². The molecular formula is C19H14S. The molecule has 1 aromatic heterocycles. The fourth-order valence-electron chi connectivity index (χ4n) is 1.98. The summed E-state index contributed by atoms with van der Waals surface area (Å²) in [5.74, 6) is 0. The van der Waals surface area contributed by atoms with Gasteiger partial charge >= 0.3 is 0 Å². The van der Waals surface area contributed by atoms with Crippen molar-refractivity contribution in [2.75, 3.05) is 0 Å². The van der Waals surface area contributed by atoms with E-state index >= 15 is 0 Å². The highest BCUT2D eigenvalue weighted by Gasteiger charge is 2.06. The topological polar surface area (TPSA) is 0 Å². The molecule has 96 valence electrons. The van der Waals surface area contributed by atoms with Crippen LogP contribution in [0.4, 0.5) is 0 Å². The van der Waals surface area contributed by atoms with E-state index in [0.29, 0.717) is 0 Å². The second-order valence-corrected chi connectivity index (χ2v) is 5.28. The molecule has 1 heteroatoms. The fourth-order valence-corrected chi connectivity index (χ4v) is 2.95. The Hall–Kier alpha value is -2.12. The zero-order valence-electron chi connectivity index (χ0n) is 21.4. The molecule has 0 N–H and O–H groups in total. The SMILES string of the molecule is [2H]c1c([2H])c([2H])c(-c2c([2H])c([2H])c3c(sc4c([2H])c([2H])c(C)c([2H])c43)c2[2H])c([2H])c1[2H]. The molecule has 0 radical (unpaired) electrons. The van der Waals surface area contributed by atoms with Crippen LogP contribution in [0.1, 0.15) is 20.6 Å². The zero-order valence-corrected chi connectivity index (χ0v) is 11.2. The minimum Gasteiger partial charge on any atom is -0.135 e. The molecule has 0 spiro atoms. The van der Waals surface area contributed by atoms with Gasteiger partial charge in [0.25, 0.3) is 0 Å². The van der Waals surface area contributed by atoms with E-state index in [2.05, 4.69) is 0 Å². The van der Waals surface area contributed by atoms with E-state index in [1.165, 1.54) is 6.92 Å². The Morgan fingerprint density at radius 3 is 2.45 bits per heavy atom. The highest BCUT2D eigenvalue weighted by Crippen LogP contribution is 2.36.